The molecule has 0 atom stereocenters. The number of hydrogen-bond donors (Lipinski definition) is 2. The summed E-state index contributed by atoms with van der Waals surface area (Å²) in [5.41, 5.74) is 0. The van der Waals surface area contributed by atoms with Crippen molar-refractivity contribution >= 4 is 33.2 Å². The molecule has 0 radical (unpaired) electrons. The molecule has 0 unspecified atom stereocenters. The number of furan rings is 1. The number of rotatable bonds is 4. The van der Waals surface area contributed by atoms with Crippen molar-refractivity contribution in [3.05, 3.63) is 47.4 Å². The molecule has 6 heteroatoms. The van der Waals surface area contributed by atoms with Crippen LogP contribution in [0.1, 0.15) is 16.3 Å². The molecule has 0 amide bonds. The molecule has 0 aliphatic rings. The van der Waals surface area contributed by atoms with E-state index in [0.29, 0.717) is 12.3 Å². The lowest BCUT2D eigenvalue weighted by molar-refractivity contribution is 0.0660. The molecule has 0 saturated carbocycles. The molecule has 3 aromatic rings. The Morgan fingerprint density at radius 3 is 3.05 bits per heavy atom. The van der Waals surface area contributed by atoms with Gasteiger partial charge in [0.25, 0.3) is 0 Å². The quantitative estimate of drug-likeness (QED) is 0.764. The van der Waals surface area contributed by atoms with Gasteiger partial charge in [-0.2, -0.15) is 0 Å². The summed E-state index contributed by atoms with van der Waals surface area (Å²) in [6.07, 6.45) is 1.74. The maximum absolute atomic E-state index is 10.7. The zero-order chi connectivity index (χ0) is 13.2. The number of carbonyl (C=O) groups is 1. The lowest BCUT2D eigenvalue weighted by atomic mass is 10.3. The lowest BCUT2D eigenvalue weighted by Gasteiger charge is -2.04. The van der Waals surface area contributed by atoms with Crippen LogP contribution in [0.3, 0.4) is 0 Å². The van der Waals surface area contributed by atoms with Gasteiger partial charge in [0.1, 0.15) is 11.6 Å². The molecule has 0 aliphatic carbocycles. The van der Waals surface area contributed by atoms with Crippen LogP contribution in [0, 0.1) is 0 Å². The van der Waals surface area contributed by atoms with Gasteiger partial charge in [-0.05, 0) is 29.6 Å². The topological polar surface area (TPSA) is 75.4 Å². The van der Waals surface area contributed by atoms with Gasteiger partial charge in [0.15, 0.2) is 0 Å². The number of aromatic carboxylic acids is 1. The fourth-order valence-corrected chi connectivity index (χ4v) is 2.58. The smallest absolute Gasteiger partial charge is 0.371 e. The Bertz CT molecular complexity index is 732. The summed E-state index contributed by atoms with van der Waals surface area (Å²) in [6.45, 7) is 0.398. The SMILES string of the molecule is O=C(O)c1ccc(CNc2nccc3sccc23)o1. The summed E-state index contributed by atoms with van der Waals surface area (Å²) in [4.78, 5) is 15.0. The first kappa shape index (κ1) is 11.7. The Morgan fingerprint density at radius 2 is 2.26 bits per heavy atom. The normalized spacial score (nSPS) is 10.7. The van der Waals surface area contributed by atoms with Gasteiger partial charge in [0, 0.05) is 16.3 Å². The Hall–Kier alpha value is -2.34. The van der Waals surface area contributed by atoms with Gasteiger partial charge in [0.2, 0.25) is 5.76 Å². The third-order valence-corrected chi connectivity index (χ3v) is 3.56. The first-order valence-electron chi connectivity index (χ1n) is 5.62. The Balaban J connectivity index is 1.78. The number of aromatic nitrogens is 1. The standard InChI is InChI=1S/C13H10N2O3S/c16-13(17)10-2-1-8(18-10)7-15-12-9-4-6-19-11(9)3-5-14-12/h1-6H,7H2,(H,14,15)(H,16,17). The number of pyridine rings is 1. The molecule has 0 spiro atoms. The average molecular weight is 274 g/mol. The van der Waals surface area contributed by atoms with E-state index < -0.39 is 5.97 Å². The number of nitrogens with one attached hydrogen (secondary N) is 1. The minimum absolute atomic E-state index is 0.0569. The second-order valence-corrected chi connectivity index (χ2v) is 4.86. The first-order chi connectivity index (χ1) is 9.24. The molecule has 0 saturated heterocycles. The largest absolute Gasteiger partial charge is 0.475 e. The third kappa shape index (κ3) is 2.30. The van der Waals surface area contributed by atoms with E-state index in [2.05, 4.69) is 10.3 Å². The number of nitrogens with zero attached hydrogens (tertiary/aromatic N) is 1. The summed E-state index contributed by atoms with van der Waals surface area (Å²) in [6, 6.07) is 7.04. The van der Waals surface area contributed by atoms with E-state index in [9.17, 15) is 4.79 Å². The highest BCUT2D eigenvalue weighted by Crippen LogP contribution is 2.26. The Morgan fingerprint density at radius 1 is 1.37 bits per heavy atom. The van der Waals surface area contributed by atoms with Crippen LogP contribution in [-0.2, 0) is 6.54 Å². The summed E-state index contributed by atoms with van der Waals surface area (Å²) in [5.74, 6) is 0.210. The summed E-state index contributed by atoms with van der Waals surface area (Å²) < 4.78 is 6.33. The van der Waals surface area contributed by atoms with Crippen LogP contribution >= 0.6 is 11.3 Å². The van der Waals surface area contributed by atoms with Gasteiger partial charge in [-0.1, -0.05) is 0 Å². The van der Waals surface area contributed by atoms with Crippen LogP contribution in [0.2, 0.25) is 0 Å². The van der Waals surface area contributed by atoms with Gasteiger partial charge in [0.05, 0.1) is 6.54 Å². The van der Waals surface area contributed by atoms with Crippen LogP contribution in [0.5, 0.6) is 0 Å². The van der Waals surface area contributed by atoms with Crippen molar-refractivity contribution < 1.29 is 14.3 Å². The van der Waals surface area contributed by atoms with Crippen molar-refractivity contribution in [3.8, 4) is 0 Å². The molecule has 19 heavy (non-hydrogen) atoms. The van der Waals surface area contributed by atoms with E-state index in [4.69, 9.17) is 9.52 Å². The Labute approximate surface area is 112 Å². The molecule has 3 heterocycles. The molecule has 3 rings (SSSR count). The summed E-state index contributed by atoms with van der Waals surface area (Å²) >= 11 is 1.65. The molecule has 3 aromatic heterocycles. The maximum Gasteiger partial charge on any atom is 0.371 e. The minimum Gasteiger partial charge on any atom is -0.475 e. The second-order valence-electron chi connectivity index (χ2n) is 3.92. The molecule has 0 bridgehead atoms. The first-order valence-corrected chi connectivity index (χ1v) is 6.50. The van der Waals surface area contributed by atoms with Crippen LogP contribution in [0.4, 0.5) is 5.82 Å². The zero-order valence-corrected chi connectivity index (χ0v) is 10.6. The molecular weight excluding hydrogens is 264 g/mol. The van der Waals surface area contributed by atoms with E-state index in [1.54, 1.807) is 23.6 Å². The monoisotopic (exact) mass is 274 g/mol. The van der Waals surface area contributed by atoms with Crippen molar-refractivity contribution in [2.45, 2.75) is 6.54 Å². The average Bonchev–Trinajstić information content (AvgIpc) is 3.05. The number of anilines is 1. The predicted octanol–water partition coefficient (Wildman–Crippen LogP) is 3.20. The molecule has 96 valence electrons. The number of thiophene rings is 1. The fourth-order valence-electron chi connectivity index (χ4n) is 1.79. The number of hydrogen-bond acceptors (Lipinski definition) is 5. The summed E-state index contributed by atoms with van der Waals surface area (Å²) in [7, 11) is 0. The molecule has 0 aromatic carbocycles. The number of carboxylic acid groups (broad SMARTS) is 1. The predicted molar refractivity (Wildman–Crippen MR) is 72.6 cm³/mol. The van der Waals surface area contributed by atoms with E-state index >= 15 is 0 Å². The van der Waals surface area contributed by atoms with Crippen molar-refractivity contribution in [3.63, 3.8) is 0 Å². The highest BCUT2D eigenvalue weighted by molar-refractivity contribution is 7.17. The molecule has 5 nitrogen and oxygen atoms in total. The highest BCUT2D eigenvalue weighted by atomic mass is 32.1. The van der Waals surface area contributed by atoms with E-state index in [1.807, 2.05) is 17.5 Å². The number of fused-ring (bicyclic) bond motifs is 1. The Kier molecular flexibility index (Phi) is 2.92. The third-order valence-electron chi connectivity index (χ3n) is 2.68. The lowest BCUT2D eigenvalue weighted by Crippen LogP contribution is -2.00. The molecule has 0 aliphatic heterocycles. The van der Waals surface area contributed by atoms with Gasteiger partial charge < -0.3 is 14.8 Å². The maximum atomic E-state index is 10.7. The van der Waals surface area contributed by atoms with Crippen LogP contribution < -0.4 is 5.32 Å². The van der Waals surface area contributed by atoms with Gasteiger partial charge in [-0.15, -0.1) is 11.3 Å². The van der Waals surface area contributed by atoms with Crippen molar-refractivity contribution in [2.24, 2.45) is 0 Å². The van der Waals surface area contributed by atoms with Crippen LogP contribution in [0.15, 0.2) is 40.3 Å². The van der Waals surface area contributed by atoms with Crippen molar-refractivity contribution in [1.82, 2.24) is 4.98 Å². The van der Waals surface area contributed by atoms with E-state index in [-0.39, 0.29) is 5.76 Å². The van der Waals surface area contributed by atoms with Gasteiger partial charge in [-0.25, -0.2) is 9.78 Å². The highest BCUT2D eigenvalue weighted by Gasteiger charge is 2.09. The second kappa shape index (κ2) is 4.74. The molecule has 2 N–H and O–H groups in total. The van der Waals surface area contributed by atoms with Gasteiger partial charge in [-0.3, -0.25) is 0 Å². The van der Waals surface area contributed by atoms with E-state index in [0.717, 1.165) is 15.9 Å². The molecular formula is C13H10N2O3S. The zero-order valence-electron chi connectivity index (χ0n) is 9.79. The fraction of sp³-hybridized carbons (Fsp3) is 0.0769. The van der Waals surface area contributed by atoms with Crippen molar-refractivity contribution in [1.29, 1.82) is 0 Å². The minimum atomic E-state index is -1.07. The van der Waals surface area contributed by atoms with Crippen molar-refractivity contribution in [2.75, 3.05) is 5.32 Å². The number of carboxylic acids is 1. The van der Waals surface area contributed by atoms with Crippen LogP contribution in [-0.4, -0.2) is 16.1 Å². The van der Waals surface area contributed by atoms with Crippen LogP contribution in [0.25, 0.3) is 10.1 Å². The molecule has 0 fully saturated rings. The van der Waals surface area contributed by atoms with Gasteiger partial charge >= 0.3 is 5.97 Å². The van der Waals surface area contributed by atoms with E-state index in [1.165, 1.54) is 6.07 Å². The summed E-state index contributed by atoms with van der Waals surface area (Å²) in [5, 5.41) is 15.0.